The number of carbonyl (C=O) groups excluding carboxylic acids is 4. The Morgan fingerprint density at radius 2 is 0.623 bits per heavy atom. The maximum atomic E-state index is 12.6. The fourth-order valence-corrected chi connectivity index (χ4v) is 10.3. The second kappa shape index (κ2) is 56.2. The van der Waals surface area contributed by atoms with Crippen molar-refractivity contribution in [3.05, 3.63) is 60.2 Å². The number of carbonyl (C=O) groups is 4. The van der Waals surface area contributed by atoms with Crippen molar-refractivity contribution in [2.24, 2.45) is 0 Å². The number of imidazole rings is 2. The third-order valence-electron chi connectivity index (χ3n) is 16.8. The number of hydrogen-bond donors (Lipinski definition) is 22. The van der Waals surface area contributed by atoms with E-state index in [1.54, 1.807) is 12.1 Å². The quantitative estimate of drug-likeness (QED) is 0.0111. The molecule has 0 saturated heterocycles. The first-order chi connectivity index (χ1) is 53.7. The van der Waals surface area contributed by atoms with E-state index in [1.165, 1.54) is 9.80 Å². The number of nitrogens with one attached hydrogen (secondary N) is 2. The van der Waals surface area contributed by atoms with E-state index >= 15 is 0 Å². The van der Waals surface area contributed by atoms with Gasteiger partial charge in [-0.3, -0.25) is 19.4 Å². The molecule has 0 fully saturated rings. The van der Waals surface area contributed by atoms with Gasteiger partial charge in [0.15, 0.2) is 22.1 Å². The summed E-state index contributed by atoms with van der Waals surface area (Å²) in [7, 11) is 0. The van der Waals surface area contributed by atoms with Crippen LogP contribution < -0.4 is 30.0 Å². The van der Waals surface area contributed by atoms with Gasteiger partial charge in [0, 0.05) is 75.6 Å². The molecule has 16 atom stereocenters. The minimum absolute atomic E-state index is 0.0254. The summed E-state index contributed by atoms with van der Waals surface area (Å²) in [5, 5.41) is 220. The van der Waals surface area contributed by atoms with Gasteiger partial charge in [0.05, 0.1) is 156 Å². The minimum atomic E-state index is -5.19. The van der Waals surface area contributed by atoms with Crippen LogP contribution in [0, 0.1) is 0 Å². The maximum absolute atomic E-state index is 12.6. The largest absolute Gasteiger partial charge is 0.542 e. The zero-order chi connectivity index (χ0) is 86.6. The van der Waals surface area contributed by atoms with Crippen LogP contribution in [0.2, 0.25) is 0 Å². The summed E-state index contributed by atoms with van der Waals surface area (Å²) < 4.78 is 105. The normalized spacial score (nSPS) is 16.3. The Bertz CT molecular complexity index is 3030. The second-order valence-corrected chi connectivity index (χ2v) is 25.3. The number of aliphatic carboxylic acids is 2. The highest BCUT2D eigenvalue weighted by molar-refractivity contribution is 5.97. The number of halogens is 6. The van der Waals surface area contributed by atoms with E-state index in [1.807, 2.05) is 36.9 Å². The monoisotopic (exact) mass is 1670 g/mol. The van der Waals surface area contributed by atoms with Gasteiger partial charge in [-0.15, -0.1) is 0 Å². The Morgan fingerprint density at radius 1 is 0.395 bits per heavy atom. The molecular weight excluding hydrogens is 1550 g/mol. The lowest BCUT2D eigenvalue weighted by atomic mass is 10.0. The number of aliphatic hydroxyl groups is 20. The summed E-state index contributed by atoms with van der Waals surface area (Å²) in [6, 6.07) is 11.3. The molecule has 0 aliphatic rings. The van der Waals surface area contributed by atoms with Crippen molar-refractivity contribution in [1.29, 1.82) is 0 Å². The van der Waals surface area contributed by atoms with Gasteiger partial charge in [0.1, 0.15) is 85.2 Å². The number of aliphatic hydroxyl groups excluding tert-OH is 20. The Hall–Kier alpha value is -6.28. The van der Waals surface area contributed by atoms with Gasteiger partial charge in [-0.2, -0.15) is 26.3 Å². The molecule has 2 amide bonds. The van der Waals surface area contributed by atoms with E-state index < -0.39 is 175 Å². The highest BCUT2D eigenvalue weighted by Gasteiger charge is 2.37. The van der Waals surface area contributed by atoms with Crippen LogP contribution >= 0.6 is 0 Å². The summed E-state index contributed by atoms with van der Waals surface area (Å²) in [4.78, 5) is 45.5. The predicted octanol–water partition coefficient (Wildman–Crippen LogP) is -11.6. The van der Waals surface area contributed by atoms with Crippen LogP contribution in [0.4, 0.5) is 26.3 Å². The molecule has 114 heavy (non-hydrogen) atoms. The lowest BCUT2D eigenvalue weighted by Gasteiger charge is -2.33. The molecule has 2 heterocycles. The standard InChI is InChI=1S/2C32H56N4O14.2C2HF3O2/c2*1-3-35-20-36(4-2)23-15-21(5-6-22(23)35)32(47)33-7-9-48-11-13-50-14-12-49-10-8-34(16-24(39)28(43)30(45)26(41)18-37)17-25(40)29(44)31(46)27(42)19-38;2*3-2(4,5)1(6)7/h2*5-6,15,20,24-31,37-46H,3-4,7-14,16-19H2,1-2H3;2*(H,6,7)/t2*24-,25-,26+,27+,28+,29+,30+,31+;;/m00../s1. The fraction of sp³-hybridized carbons (Fsp3) is 0.735. The van der Waals surface area contributed by atoms with E-state index in [0.29, 0.717) is 24.2 Å². The number of ether oxygens (including phenoxy) is 6. The molecule has 0 bridgehead atoms. The smallest absolute Gasteiger partial charge is 0.430 e. The van der Waals surface area contributed by atoms with Crippen LogP contribution in [0.1, 0.15) is 48.4 Å². The molecule has 0 aliphatic carbocycles. The maximum Gasteiger partial charge on any atom is 0.430 e. The molecule has 0 unspecified atom stereocenters. The fourth-order valence-electron chi connectivity index (χ4n) is 10.3. The summed E-state index contributed by atoms with van der Waals surface area (Å²) in [5.41, 5.74) is 5.26. The Kier molecular flexibility index (Phi) is 52.1. The van der Waals surface area contributed by atoms with Gasteiger partial charge in [-0.1, -0.05) is 0 Å². The molecule has 0 aliphatic heterocycles. The summed E-state index contributed by atoms with van der Waals surface area (Å²) in [5.74, 6) is -6.40. The van der Waals surface area contributed by atoms with E-state index in [0.717, 1.165) is 48.2 Å². The third kappa shape index (κ3) is 38.4. The van der Waals surface area contributed by atoms with Crippen molar-refractivity contribution < 1.29 is 195 Å². The minimum Gasteiger partial charge on any atom is -0.542 e. The van der Waals surface area contributed by atoms with Crippen molar-refractivity contribution >= 4 is 45.8 Å². The first-order valence-electron chi connectivity index (χ1n) is 36.1. The first kappa shape index (κ1) is 106. The van der Waals surface area contributed by atoms with Crippen molar-refractivity contribution in [1.82, 2.24) is 29.6 Å². The second-order valence-electron chi connectivity index (χ2n) is 25.3. The van der Waals surface area contributed by atoms with Gasteiger partial charge in [-0.25, -0.2) is 18.3 Å². The predicted molar refractivity (Wildman–Crippen MR) is 376 cm³/mol. The molecule has 4 rings (SSSR count). The van der Waals surface area contributed by atoms with Crippen molar-refractivity contribution in [2.45, 2.75) is 164 Å². The number of amides is 2. The highest BCUT2D eigenvalue weighted by atomic mass is 19.4. The molecule has 22 N–H and O–H groups in total. The van der Waals surface area contributed by atoms with Crippen LogP contribution in [0.15, 0.2) is 49.1 Å². The summed E-state index contributed by atoms with van der Waals surface area (Å²) in [6.07, 6.45) is -34.9. The molecule has 660 valence electrons. The van der Waals surface area contributed by atoms with Gasteiger partial charge in [-0.05, 0) is 52.0 Å². The number of hydrogen-bond acceptors (Lipinski definition) is 34. The number of carboxylic acid groups (broad SMARTS) is 2. The Morgan fingerprint density at radius 3 is 0.842 bits per heavy atom. The van der Waals surface area contributed by atoms with Crippen LogP contribution in [0.5, 0.6) is 0 Å². The average Bonchev–Trinajstić information content (AvgIpc) is 1.65. The topological polar surface area (TPSA) is 623 Å². The molecule has 0 spiro atoms. The molecular formula is C68H114F6N8O32. The number of rotatable bonds is 54. The lowest BCUT2D eigenvalue weighted by molar-refractivity contribution is -0.668. The number of aryl methyl sites for hydroxylation is 4. The molecule has 4 aromatic rings. The van der Waals surface area contributed by atoms with Gasteiger partial charge in [0.2, 0.25) is 12.7 Å². The zero-order valence-corrected chi connectivity index (χ0v) is 63.4. The zero-order valence-electron chi connectivity index (χ0n) is 63.4. The van der Waals surface area contributed by atoms with Crippen LogP contribution in [-0.4, -0.2) is 413 Å². The van der Waals surface area contributed by atoms with Crippen LogP contribution in [0.25, 0.3) is 22.1 Å². The van der Waals surface area contributed by atoms with Gasteiger partial charge < -0.3 is 161 Å². The molecule has 2 aromatic heterocycles. The van der Waals surface area contributed by atoms with E-state index in [4.69, 9.17) is 68.6 Å². The van der Waals surface area contributed by atoms with Crippen molar-refractivity contribution in [2.75, 3.05) is 158 Å². The molecule has 40 nitrogen and oxygen atoms in total. The molecule has 46 heteroatoms. The molecule has 2 aromatic carbocycles. The van der Waals surface area contributed by atoms with E-state index in [9.17, 15) is 118 Å². The van der Waals surface area contributed by atoms with E-state index in [-0.39, 0.29) is 104 Å². The molecule has 0 radical (unpaired) electrons. The van der Waals surface area contributed by atoms with Gasteiger partial charge >= 0.3 is 12.4 Å². The van der Waals surface area contributed by atoms with Crippen molar-refractivity contribution in [3.63, 3.8) is 0 Å². The average molecular weight is 1670 g/mol. The van der Waals surface area contributed by atoms with Gasteiger partial charge in [0.25, 0.3) is 11.8 Å². The molecule has 0 saturated carbocycles. The van der Waals surface area contributed by atoms with Crippen molar-refractivity contribution in [3.8, 4) is 0 Å². The van der Waals surface area contributed by atoms with Crippen LogP contribution in [-0.2, 0) is 64.2 Å². The Labute approximate surface area is 651 Å². The summed E-state index contributed by atoms with van der Waals surface area (Å²) in [6.45, 7) is 9.64. The first-order valence-corrected chi connectivity index (χ1v) is 36.1. The van der Waals surface area contributed by atoms with E-state index in [2.05, 4.69) is 56.6 Å². The highest BCUT2D eigenvalue weighted by Crippen LogP contribution is 2.19. The van der Waals surface area contributed by atoms with Crippen LogP contribution in [0.3, 0.4) is 0 Å². The number of aromatic nitrogens is 4. The Balaban J connectivity index is 0.000000972. The lowest BCUT2D eigenvalue weighted by Crippen LogP contribution is -2.53. The number of benzene rings is 2. The third-order valence-corrected chi connectivity index (χ3v) is 16.8. The number of alkyl halides is 6. The number of carboxylic acids is 2. The SMILES string of the molecule is CCn1c[n+](CC)c2ccc(C(=O)NCCOCCOCCOCCN(C[C@H](O)[C@@H](O)[C@H](O)[C@H](O)CO)C[C@H](O)[C@@H](O)[C@H](O)[C@H](O)CO)cc21.CCn1c[n+](CC)c2ccc(C(=O)NCCOCCOCCOCCN(C[C@H](O)[C@@H](O)[C@H](O)[C@H](O)CO)C[C@H](O)[C@@H](O)[C@H](O)[C@H](O)CO)cc21.O=C([O-])C(F)(F)F.O=C([O-])C(F)(F)F. The summed E-state index contributed by atoms with van der Waals surface area (Å²) >= 11 is 0. The number of fused-ring (bicyclic) bond motifs is 2. The number of nitrogens with zero attached hydrogens (tertiary/aromatic N) is 6.